The van der Waals surface area contributed by atoms with Crippen molar-refractivity contribution in [3.63, 3.8) is 0 Å². The van der Waals surface area contributed by atoms with Gasteiger partial charge in [-0.15, -0.1) is 5.10 Å². The van der Waals surface area contributed by atoms with E-state index in [0.29, 0.717) is 5.78 Å². The molecule has 4 rings (SSSR count). The van der Waals surface area contributed by atoms with Gasteiger partial charge in [0.1, 0.15) is 0 Å². The third-order valence-corrected chi connectivity index (χ3v) is 5.78. The van der Waals surface area contributed by atoms with Crippen molar-refractivity contribution in [2.24, 2.45) is 0 Å². The molecule has 6 nitrogen and oxygen atoms in total. The molecule has 0 spiro atoms. The zero-order valence-electron chi connectivity index (χ0n) is 14.6. The number of aryl methyl sites for hydroxylation is 2. The van der Waals surface area contributed by atoms with Crippen molar-refractivity contribution in [3.05, 3.63) is 44.6 Å². The monoisotopic (exact) mass is 374 g/mol. The molecule has 0 N–H and O–H groups in total. The van der Waals surface area contributed by atoms with Crippen molar-refractivity contribution in [1.82, 2.24) is 29.0 Å². The van der Waals surface area contributed by atoms with Crippen LogP contribution in [0.15, 0.2) is 22.9 Å². The Bertz CT molecular complexity index is 919. The summed E-state index contributed by atoms with van der Waals surface area (Å²) < 4.78 is 4.58. The minimum absolute atomic E-state index is 0.693. The molecular weight excluding hydrogens is 352 g/mol. The number of aromatic nitrogens is 4. The minimum Gasteiger partial charge on any atom is -0.297 e. The molecule has 0 atom stereocenters. The average molecular weight is 375 g/mol. The second-order valence-electron chi connectivity index (χ2n) is 6.62. The normalized spacial score (nSPS) is 16.7. The summed E-state index contributed by atoms with van der Waals surface area (Å²) in [6, 6.07) is 4.25. The van der Waals surface area contributed by atoms with E-state index >= 15 is 0 Å². The topological polar surface area (TPSA) is 41.6 Å². The summed E-state index contributed by atoms with van der Waals surface area (Å²) in [6.45, 7) is 10.0. The van der Waals surface area contributed by atoms with Gasteiger partial charge in [0.2, 0.25) is 4.77 Å². The quantitative estimate of drug-likeness (QED) is 0.657. The second kappa shape index (κ2) is 6.95. The summed E-state index contributed by atoms with van der Waals surface area (Å²) in [4.78, 5) is 9.43. The number of hydrogen-bond donors (Lipinski definition) is 0. The van der Waals surface area contributed by atoms with Gasteiger partial charge in [-0.3, -0.25) is 14.2 Å². The van der Waals surface area contributed by atoms with E-state index in [2.05, 4.69) is 36.7 Å². The van der Waals surface area contributed by atoms with Crippen molar-refractivity contribution in [2.75, 3.05) is 26.2 Å². The SMILES string of the molecule is Cc1cc(C)n2c(=S)n(CN3CCN(Cc4ccsc4)CC3)nc2n1. The van der Waals surface area contributed by atoms with E-state index < -0.39 is 0 Å². The standard InChI is InChI=1S/C17H22N6S2/c1-13-9-14(2)23-16(18-13)19-22(17(23)24)12-21-6-4-20(5-7-21)10-15-3-8-25-11-15/h3,8-9,11H,4-7,10,12H2,1-2H3. The van der Waals surface area contributed by atoms with Crippen LogP contribution in [0.2, 0.25) is 0 Å². The molecule has 0 aromatic carbocycles. The Morgan fingerprint density at radius 2 is 1.92 bits per heavy atom. The van der Waals surface area contributed by atoms with Crippen LogP contribution in [-0.2, 0) is 13.2 Å². The fourth-order valence-electron chi connectivity index (χ4n) is 3.35. The molecule has 0 amide bonds. The lowest BCUT2D eigenvalue weighted by Gasteiger charge is -2.34. The van der Waals surface area contributed by atoms with Crippen LogP contribution >= 0.6 is 23.6 Å². The minimum atomic E-state index is 0.693. The van der Waals surface area contributed by atoms with E-state index in [4.69, 9.17) is 12.2 Å². The maximum absolute atomic E-state index is 5.61. The molecule has 3 aromatic heterocycles. The molecule has 1 aliphatic rings. The molecule has 132 valence electrons. The number of rotatable bonds is 4. The van der Waals surface area contributed by atoms with Gasteiger partial charge >= 0.3 is 0 Å². The van der Waals surface area contributed by atoms with Crippen LogP contribution < -0.4 is 0 Å². The molecule has 0 saturated carbocycles. The van der Waals surface area contributed by atoms with E-state index in [9.17, 15) is 0 Å². The van der Waals surface area contributed by atoms with Crippen molar-refractivity contribution < 1.29 is 0 Å². The van der Waals surface area contributed by atoms with Gasteiger partial charge in [0.15, 0.2) is 0 Å². The fraction of sp³-hybridized carbons (Fsp3) is 0.471. The smallest absolute Gasteiger partial charge is 0.254 e. The van der Waals surface area contributed by atoms with Gasteiger partial charge in [0.05, 0.1) is 6.67 Å². The van der Waals surface area contributed by atoms with Crippen LogP contribution in [0.1, 0.15) is 17.0 Å². The Labute approximate surface area is 156 Å². The van der Waals surface area contributed by atoms with E-state index in [0.717, 1.165) is 55.6 Å². The second-order valence-corrected chi connectivity index (χ2v) is 7.77. The highest BCUT2D eigenvalue weighted by Gasteiger charge is 2.18. The Morgan fingerprint density at radius 3 is 2.64 bits per heavy atom. The first-order chi connectivity index (χ1) is 12.1. The maximum Gasteiger partial charge on any atom is 0.254 e. The molecule has 1 aliphatic heterocycles. The van der Waals surface area contributed by atoms with Crippen LogP contribution in [0.5, 0.6) is 0 Å². The Hall–Kier alpha value is -1.61. The molecule has 1 saturated heterocycles. The van der Waals surface area contributed by atoms with Gasteiger partial charge < -0.3 is 0 Å². The number of piperazine rings is 1. The van der Waals surface area contributed by atoms with Gasteiger partial charge in [-0.1, -0.05) is 0 Å². The van der Waals surface area contributed by atoms with E-state index in [1.165, 1.54) is 5.56 Å². The lowest BCUT2D eigenvalue weighted by molar-refractivity contribution is 0.0983. The molecule has 3 aromatic rings. The van der Waals surface area contributed by atoms with E-state index in [1.54, 1.807) is 11.3 Å². The molecule has 0 bridgehead atoms. The lowest BCUT2D eigenvalue weighted by Crippen LogP contribution is -2.46. The third-order valence-electron chi connectivity index (χ3n) is 4.65. The molecule has 0 radical (unpaired) electrons. The number of hydrogen-bond acceptors (Lipinski definition) is 6. The summed E-state index contributed by atoms with van der Waals surface area (Å²) >= 11 is 7.38. The summed E-state index contributed by atoms with van der Waals surface area (Å²) in [7, 11) is 0. The van der Waals surface area contributed by atoms with Crippen LogP contribution in [-0.4, -0.2) is 55.1 Å². The van der Waals surface area contributed by atoms with E-state index in [-0.39, 0.29) is 0 Å². The molecule has 0 aliphatic carbocycles. The van der Waals surface area contributed by atoms with Crippen molar-refractivity contribution in [2.45, 2.75) is 27.1 Å². The van der Waals surface area contributed by atoms with Gasteiger partial charge in [0, 0.05) is 44.1 Å². The maximum atomic E-state index is 5.61. The third kappa shape index (κ3) is 3.52. The summed E-state index contributed by atoms with van der Waals surface area (Å²) in [5.74, 6) is 0.693. The van der Waals surface area contributed by atoms with Gasteiger partial charge in [-0.2, -0.15) is 11.3 Å². The number of thiophene rings is 1. The van der Waals surface area contributed by atoms with Crippen LogP contribution in [0.4, 0.5) is 0 Å². The Morgan fingerprint density at radius 1 is 1.16 bits per heavy atom. The predicted octanol–water partition coefficient (Wildman–Crippen LogP) is 2.71. The first-order valence-corrected chi connectivity index (χ1v) is 9.85. The number of nitrogens with zero attached hydrogens (tertiary/aromatic N) is 6. The summed E-state index contributed by atoms with van der Waals surface area (Å²) in [6.07, 6.45) is 0. The molecule has 8 heteroatoms. The highest BCUT2D eigenvalue weighted by atomic mass is 32.1. The summed E-state index contributed by atoms with van der Waals surface area (Å²) in [5, 5.41) is 9.00. The van der Waals surface area contributed by atoms with Gasteiger partial charge in [-0.25, -0.2) is 9.67 Å². The van der Waals surface area contributed by atoms with Crippen molar-refractivity contribution in [1.29, 1.82) is 0 Å². The zero-order valence-corrected chi connectivity index (χ0v) is 16.2. The Balaban J connectivity index is 1.43. The first-order valence-electron chi connectivity index (χ1n) is 8.50. The van der Waals surface area contributed by atoms with Crippen LogP contribution in [0, 0.1) is 18.6 Å². The Kier molecular flexibility index (Phi) is 4.68. The predicted molar refractivity (Wildman–Crippen MR) is 102 cm³/mol. The van der Waals surface area contributed by atoms with Crippen LogP contribution in [0.3, 0.4) is 0 Å². The number of fused-ring (bicyclic) bond motifs is 1. The van der Waals surface area contributed by atoms with Crippen LogP contribution in [0.25, 0.3) is 5.78 Å². The largest absolute Gasteiger partial charge is 0.297 e. The lowest BCUT2D eigenvalue weighted by atomic mass is 10.2. The zero-order chi connectivity index (χ0) is 17.4. The van der Waals surface area contributed by atoms with Gasteiger partial charge in [-0.05, 0) is 54.5 Å². The fourth-order valence-corrected chi connectivity index (χ4v) is 4.33. The average Bonchev–Trinajstić information content (AvgIpc) is 3.18. The molecular formula is C17H22N6S2. The van der Waals surface area contributed by atoms with Gasteiger partial charge in [0.25, 0.3) is 5.78 Å². The molecule has 0 unspecified atom stereocenters. The summed E-state index contributed by atoms with van der Waals surface area (Å²) in [5.41, 5.74) is 3.47. The van der Waals surface area contributed by atoms with E-state index in [1.807, 2.05) is 29.0 Å². The van der Waals surface area contributed by atoms with Crippen molar-refractivity contribution in [3.8, 4) is 0 Å². The highest BCUT2D eigenvalue weighted by molar-refractivity contribution is 7.71. The molecule has 25 heavy (non-hydrogen) atoms. The molecule has 4 heterocycles. The first kappa shape index (κ1) is 16.8. The molecule has 1 fully saturated rings. The highest BCUT2D eigenvalue weighted by Crippen LogP contribution is 2.13. The van der Waals surface area contributed by atoms with Crippen molar-refractivity contribution >= 4 is 29.3 Å².